The first-order valence-corrected chi connectivity index (χ1v) is 16.3. The topological polar surface area (TPSA) is 16.4 Å². The number of benzene rings is 8. The van der Waals surface area contributed by atoms with E-state index >= 15 is 0 Å². The van der Waals surface area contributed by atoms with Gasteiger partial charge in [-0.2, -0.15) is 0 Å². The van der Waals surface area contributed by atoms with Gasteiger partial charge in [-0.15, -0.1) is 0 Å². The third-order valence-corrected chi connectivity index (χ3v) is 9.27. The third kappa shape index (κ3) is 4.92. The van der Waals surface area contributed by atoms with Crippen molar-refractivity contribution in [1.29, 1.82) is 0 Å². The number of nitrogens with zero attached hydrogens (tertiary/aromatic N) is 1. The number of anilines is 3. The predicted octanol–water partition coefficient (Wildman–Crippen LogP) is 13.2. The first-order valence-electron chi connectivity index (χ1n) is 16.3. The second-order valence-electron chi connectivity index (χ2n) is 12.2. The second kappa shape index (κ2) is 11.8. The van der Waals surface area contributed by atoms with E-state index in [0.29, 0.717) is 0 Å². The van der Waals surface area contributed by atoms with Crippen molar-refractivity contribution in [3.63, 3.8) is 0 Å². The number of hydrogen-bond acceptors (Lipinski definition) is 2. The summed E-state index contributed by atoms with van der Waals surface area (Å²) in [5.41, 5.74) is 12.1. The Morgan fingerprint density at radius 1 is 0.354 bits per heavy atom. The summed E-state index contributed by atoms with van der Waals surface area (Å²) < 4.78 is 6.62. The van der Waals surface area contributed by atoms with Crippen LogP contribution in [0.4, 0.5) is 17.1 Å². The quantitative estimate of drug-likeness (QED) is 0.185. The van der Waals surface area contributed by atoms with Gasteiger partial charge in [0.15, 0.2) is 0 Å². The van der Waals surface area contributed by atoms with Gasteiger partial charge < -0.3 is 9.32 Å². The van der Waals surface area contributed by atoms with Crippen molar-refractivity contribution in [1.82, 2.24) is 0 Å². The Kier molecular flexibility index (Phi) is 6.84. The van der Waals surface area contributed by atoms with Gasteiger partial charge >= 0.3 is 0 Å². The molecule has 0 N–H and O–H groups in total. The van der Waals surface area contributed by atoms with Gasteiger partial charge in [-0.25, -0.2) is 0 Å². The maximum atomic E-state index is 6.62. The first kappa shape index (κ1) is 27.9. The molecule has 0 aliphatic carbocycles. The largest absolute Gasteiger partial charge is 0.455 e. The lowest BCUT2D eigenvalue weighted by Gasteiger charge is -2.26. The molecule has 0 amide bonds. The van der Waals surface area contributed by atoms with Crippen LogP contribution < -0.4 is 4.90 Å². The Morgan fingerprint density at radius 2 is 0.917 bits per heavy atom. The van der Waals surface area contributed by atoms with Gasteiger partial charge in [0, 0.05) is 33.4 Å². The lowest BCUT2D eigenvalue weighted by atomic mass is 9.91. The van der Waals surface area contributed by atoms with Crippen LogP contribution in [-0.4, -0.2) is 0 Å². The molecule has 0 aliphatic rings. The van der Waals surface area contributed by atoms with Gasteiger partial charge in [0.25, 0.3) is 0 Å². The van der Waals surface area contributed by atoms with Crippen LogP contribution in [0, 0.1) is 0 Å². The number of hydrogen-bond donors (Lipinski definition) is 0. The van der Waals surface area contributed by atoms with Gasteiger partial charge in [-0.1, -0.05) is 133 Å². The molecule has 48 heavy (non-hydrogen) atoms. The summed E-state index contributed by atoms with van der Waals surface area (Å²) in [4.78, 5) is 2.31. The SMILES string of the molecule is c1ccc(-c2ccc(N(c3ccccc3)c3ccc(-c4ccc5c(oc6ccccc65)c4-c4ccc5ccccc5c4)cc3)cc2)cc1. The number of rotatable bonds is 6. The molecule has 1 aromatic heterocycles. The highest BCUT2D eigenvalue weighted by Gasteiger charge is 2.19. The minimum atomic E-state index is 0.902. The van der Waals surface area contributed by atoms with Crippen molar-refractivity contribution in [3.8, 4) is 33.4 Å². The Hall–Kier alpha value is -6.38. The average Bonchev–Trinajstić information content (AvgIpc) is 3.55. The number of fused-ring (bicyclic) bond motifs is 4. The van der Waals surface area contributed by atoms with E-state index in [1.165, 1.54) is 21.9 Å². The van der Waals surface area contributed by atoms with Crippen molar-refractivity contribution < 1.29 is 4.42 Å². The molecular formula is C46H31NO. The lowest BCUT2D eigenvalue weighted by molar-refractivity contribution is 0.670. The van der Waals surface area contributed by atoms with Crippen LogP contribution in [0.1, 0.15) is 0 Å². The summed E-state index contributed by atoms with van der Waals surface area (Å²) in [7, 11) is 0. The van der Waals surface area contributed by atoms with Gasteiger partial charge in [-0.3, -0.25) is 0 Å². The highest BCUT2D eigenvalue weighted by Crippen LogP contribution is 2.44. The monoisotopic (exact) mass is 613 g/mol. The van der Waals surface area contributed by atoms with Crippen LogP contribution in [0.25, 0.3) is 66.1 Å². The first-order chi connectivity index (χ1) is 23.8. The van der Waals surface area contributed by atoms with E-state index in [9.17, 15) is 0 Å². The Labute approximate surface area is 279 Å². The molecule has 0 aliphatic heterocycles. The fraction of sp³-hybridized carbons (Fsp3) is 0. The van der Waals surface area contributed by atoms with Gasteiger partial charge in [-0.05, 0) is 93.2 Å². The molecule has 8 aromatic carbocycles. The third-order valence-electron chi connectivity index (χ3n) is 9.27. The van der Waals surface area contributed by atoms with E-state index in [0.717, 1.165) is 61.3 Å². The summed E-state index contributed by atoms with van der Waals surface area (Å²) in [5.74, 6) is 0. The van der Waals surface area contributed by atoms with E-state index in [4.69, 9.17) is 4.42 Å². The number of para-hydroxylation sites is 2. The Balaban J connectivity index is 1.17. The fourth-order valence-electron chi connectivity index (χ4n) is 6.91. The van der Waals surface area contributed by atoms with Crippen LogP contribution in [0.3, 0.4) is 0 Å². The van der Waals surface area contributed by atoms with Gasteiger partial charge in [0.05, 0.1) is 0 Å². The summed E-state index contributed by atoms with van der Waals surface area (Å²) in [6.07, 6.45) is 0. The molecule has 0 radical (unpaired) electrons. The summed E-state index contributed by atoms with van der Waals surface area (Å²) in [5, 5.41) is 4.69. The van der Waals surface area contributed by atoms with Gasteiger partial charge in [0.1, 0.15) is 11.2 Å². The highest BCUT2D eigenvalue weighted by atomic mass is 16.3. The molecule has 0 saturated carbocycles. The van der Waals surface area contributed by atoms with E-state index in [2.05, 4.69) is 187 Å². The van der Waals surface area contributed by atoms with Crippen molar-refractivity contribution in [2.75, 3.05) is 4.90 Å². The molecule has 0 unspecified atom stereocenters. The van der Waals surface area contributed by atoms with Crippen LogP contribution in [-0.2, 0) is 0 Å². The zero-order chi connectivity index (χ0) is 31.9. The molecule has 0 bridgehead atoms. The van der Waals surface area contributed by atoms with E-state index < -0.39 is 0 Å². The van der Waals surface area contributed by atoms with E-state index in [-0.39, 0.29) is 0 Å². The molecule has 0 atom stereocenters. The van der Waals surface area contributed by atoms with Crippen molar-refractivity contribution in [2.45, 2.75) is 0 Å². The molecule has 0 spiro atoms. The average molecular weight is 614 g/mol. The molecule has 9 aromatic rings. The fourth-order valence-corrected chi connectivity index (χ4v) is 6.91. The van der Waals surface area contributed by atoms with Crippen molar-refractivity contribution in [3.05, 3.63) is 188 Å². The van der Waals surface area contributed by atoms with Crippen LogP contribution in [0.2, 0.25) is 0 Å². The Bertz CT molecular complexity index is 2530. The normalized spacial score (nSPS) is 11.3. The molecule has 1 heterocycles. The zero-order valence-electron chi connectivity index (χ0n) is 26.3. The second-order valence-corrected chi connectivity index (χ2v) is 12.2. The molecule has 0 saturated heterocycles. The minimum absolute atomic E-state index is 0.902. The van der Waals surface area contributed by atoms with Crippen LogP contribution in [0.5, 0.6) is 0 Å². The standard InChI is InChI=1S/C46H31NO/c1-3-11-32(12-4-1)34-21-25-39(26-22-34)47(38-15-5-2-6-16-38)40-27-23-35(24-28-40)41-29-30-43-42-17-9-10-18-44(42)48-46(43)45(41)37-20-19-33-13-7-8-14-36(33)31-37/h1-31H. The summed E-state index contributed by atoms with van der Waals surface area (Å²) in [6.45, 7) is 0. The van der Waals surface area contributed by atoms with E-state index in [1.807, 2.05) is 6.07 Å². The van der Waals surface area contributed by atoms with Crippen LogP contribution >= 0.6 is 0 Å². The zero-order valence-corrected chi connectivity index (χ0v) is 26.3. The molecule has 226 valence electrons. The smallest absolute Gasteiger partial charge is 0.143 e. The predicted molar refractivity (Wildman–Crippen MR) is 202 cm³/mol. The lowest BCUT2D eigenvalue weighted by Crippen LogP contribution is -2.09. The van der Waals surface area contributed by atoms with E-state index in [1.54, 1.807) is 0 Å². The number of furan rings is 1. The molecule has 0 fully saturated rings. The van der Waals surface area contributed by atoms with Crippen molar-refractivity contribution in [2.24, 2.45) is 0 Å². The highest BCUT2D eigenvalue weighted by molar-refractivity contribution is 6.13. The molecule has 9 rings (SSSR count). The Morgan fingerprint density at radius 3 is 1.67 bits per heavy atom. The summed E-state index contributed by atoms with van der Waals surface area (Å²) >= 11 is 0. The molecular weight excluding hydrogens is 583 g/mol. The maximum absolute atomic E-state index is 6.62. The molecule has 2 heteroatoms. The molecule has 2 nitrogen and oxygen atoms in total. The maximum Gasteiger partial charge on any atom is 0.143 e. The summed E-state index contributed by atoms with van der Waals surface area (Å²) in [6, 6.07) is 66.8. The van der Waals surface area contributed by atoms with Crippen LogP contribution in [0.15, 0.2) is 192 Å². The minimum Gasteiger partial charge on any atom is -0.455 e. The van der Waals surface area contributed by atoms with Gasteiger partial charge in [0.2, 0.25) is 0 Å². The van der Waals surface area contributed by atoms with Crippen molar-refractivity contribution >= 4 is 49.8 Å².